The SMILES string of the molecule is CC[CH]c1nnoc1C. The molecule has 1 aromatic heterocycles. The summed E-state index contributed by atoms with van der Waals surface area (Å²) in [4.78, 5) is 0. The van der Waals surface area contributed by atoms with Gasteiger partial charge in [0.15, 0.2) is 5.76 Å². The number of aromatic nitrogens is 2. The van der Waals surface area contributed by atoms with Gasteiger partial charge in [-0.2, -0.15) is 0 Å². The lowest BCUT2D eigenvalue weighted by molar-refractivity contribution is 0.373. The summed E-state index contributed by atoms with van der Waals surface area (Å²) in [6, 6.07) is 0. The fraction of sp³-hybridized carbons (Fsp3) is 0.500. The van der Waals surface area contributed by atoms with E-state index in [1.807, 2.05) is 20.3 Å². The van der Waals surface area contributed by atoms with Crippen LogP contribution in [0.4, 0.5) is 0 Å². The molecule has 0 atom stereocenters. The monoisotopic (exact) mass is 125 g/mol. The predicted molar refractivity (Wildman–Crippen MR) is 32.7 cm³/mol. The normalized spacial score (nSPS) is 10.0. The van der Waals surface area contributed by atoms with Crippen LogP contribution in [0.15, 0.2) is 4.52 Å². The molecule has 0 fully saturated rings. The number of aryl methyl sites for hydroxylation is 1. The standard InChI is InChI=1S/C6H9N2O/c1-3-4-6-5(2)9-8-7-6/h4H,3H2,1-2H3. The first-order chi connectivity index (χ1) is 4.34. The lowest BCUT2D eigenvalue weighted by atomic mass is 10.2. The van der Waals surface area contributed by atoms with Gasteiger partial charge in [0.25, 0.3) is 0 Å². The Labute approximate surface area is 54.0 Å². The molecule has 0 aliphatic heterocycles. The van der Waals surface area contributed by atoms with Crippen molar-refractivity contribution in [1.29, 1.82) is 0 Å². The molecule has 0 spiro atoms. The molecule has 0 bridgehead atoms. The quantitative estimate of drug-likeness (QED) is 0.598. The maximum absolute atomic E-state index is 4.72. The van der Waals surface area contributed by atoms with Gasteiger partial charge < -0.3 is 4.52 Å². The minimum Gasteiger partial charge on any atom is -0.342 e. The van der Waals surface area contributed by atoms with Gasteiger partial charge in [0.1, 0.15) is 5.69 Å². The summed E-state index contributed by atoms with van der Waals surface area (Å²) < 4.78 is 4.72. The summed E-state index contributed by atoms with van der Waals surface area (Å²) in [5.41, 5.74) is 0.859. The molecule has 0 aliphatic rings. The molecule has 0 unspecified atom stereocenters. The van der Waals surface area contributed by atoms with Crippen LogP contribution in [0, 0.1) is 13.3 Å². The molecular weight excluding hydrogens is 116 g/mol. The van der Waals surface area contributed by atoms with Crippen LogP contribution in [-0.4, -0.2) is 10.4 Å². The van der Waals surface area contributed by atoms with Crippen molar-refractivity contribution in [3.8, 4) is 0 Å². The third-order valence-electron chi connectivity index (χ3n) is 1.08. The number of hydrogen-bond acceptors (Lipinski definition) is 3. The van der Waals surface area contributed by atoms with Gasteiger partial charge in [-0.15, -0.1) is 5.10 Å². The molecule has 1 aromatic rings. The summed E-state index contributed by atoms with van der Waals surface area (Å²) in [7, 11) is 0. The summed E-state index contributed by atoms with van der Waals surface area (Å²) in [6.07, 6.45) is 2.95. The highest BCUT2D eigenvalue weighted by atomic mass is 16.5. The van der Waals surface area contributed by atoms with Crippen LogP contribution in [-0.2, 0) is 0 Å². The number of hydrogen-bond donors (Lipinski definition) is 0. The zero-order chi connectivity index (χ0) is 6.69. The fourth-order valence-corrected chi connectivity index (χ4v) is 0.621. The molecule has 0 saturated heterocycles. The Kier molecular flexibility index (Phi) is 1.82. The molecule has 0 aromatic carbocycles. The summed E-state index contributed by atoms with van der Waals surface area (Å²) in [6.45, 7) is 3.90. The van der Waals surface area contributed by atoms with Gasteiger partial charge in [-0.3, -0.25) is 0 Å². The van der Waals surface area contributed by atoms with Crippen molar-refractivity contribution in [3.63, 3.8) is 0 Å². The summed E-state index contributed by atoms with van der Waals surface area (Å²) >= 11 is 0. The largest absolute Gasteiger partial charge is 0.342 e. The smallest absolute Gasteiger partial charge is 0.157 e. The van der Waals surface area contributed by atoms with Gasteiger partial charge in [-0.05, 0) is 13.3 Å². The Hall–Kier alpha value is -0.860. The van der Waals surface area contributed by atoms with Gasteiger partial charge in [0.05, 0.1) is 0 Å². The van der Waals surface area contributed by atoms with Crippen molar-refractivity contribution < 1.29 is 4.52 Å². The average Bonchev–Trinajstić information content (AvgIpc) is 2.18. The Bertz CT molecular complexity index is 183. The molecule has 1 heterocycles. The second-order valence-electron chi connectivity index (χ2n) is 1.83. The van der Waals surface area contributed by atoms with Crippen LogP contribution in [0.25, 0.3) is 0 Å². The highest BCUT2D eigenvalue weighted by molar-refractivity contribution is 5.12. The van der Waals surface area contributed by atoms with E-state index >= 15 is 0 Å². The van der Waals surface area contributed by atoms with Gasteiger partial charge in [0.2, 0.25) is 0 Å². The first-order valence-electron chi connectivity index (χ1n) is 2.96. The molecule has 0 aliphatic carbocycles. The van der Waals surface area contributed by atoms with E-state index < -0.39 is 0 Å². The zero-order valence-electron chi connectivity index (χ0n) is 5.59. The second-order valence-corrected chi connectivity index (χ2v) is 1.83. The van der Waals surface area contributed by atoms with Crippen LogP contribution >= 0.6 is 0 Å². The molecule has 0 saturated carbocycles. The minimum absolute atomic E-state index is 0.789. The minimum atomic E-state index is 0.789. The first-order valence-corrected chi connectivity index (χ1v) is 2.96. The zero-order valence-corrected chi connectivity index (χ0v) is 5.59. The van der Waals surface area contributed by atoms with Crippen LogP contribution in [0.2, 0.25) is 0 Å². The van der Waals surface area contributed by atoms with Crippen molar-refractivity contribution >= 4 is 0 Å². The average molecular weight is 125 g/mol. The van der Waals surface area contributed by atoms with E-state index in [1.54, 1.807) is 0 Å². The first kappa shape index (κ1) is 6.26. The van der Waals surface area contributed by atoms with Crippen LogP contribution in [0.5, 0.6) is 0 Å². The van der Waals surface area contributed by atoms with E-state index in [-0.39, 0.29) is 0 Å². The van der Waals surface area contributed by atoms with Crippen molar-refractivity contribution in [1.82, 2.24) is 10.4 Å². The van der Waals surface area contributed by atoms with Crippen LogP contribution < -0.4 is 0 Å². The molecule has 1 radical (unpaired) electrons. The molecule has 0 N–H and O–H groups in total. The highest BCUT2D eigenvalue weighted by Gasteiger charge is 2.01. The second kappa shape index (κ2) is 2.62. The molecule has 3 nitrogen and oxygen atoms in total. The Balaban J connectivity index is 2.69. The van der Waals surface area contributed by atoms with Gasteiger partial charge in [-0.1, -0.05) is 6.92 Å². The van der Waals surface area contributed by atoms with Crippen molar-refractivity contribution in [2.75, 3.05) is 0 Å². The van der Waals surface area contributed by atoms with Gasteiger partial charge in [0, 0.05) is 11.7 Å². The Morgan fingerprint density at radius 1 is 1.67 bits per heavy atom. The lowest BCUT2D eigenvalue weighted by Crippen LogP contribution is -1.81. The van der Waals surface area contributed by atoms with Crippen LogP contribution in [0.1, 0.15) is 24.8 Å². The number of rotatable bonds is 2. The maximum Gasteiger partial charge on any atom is 0.157 e. The van der Waals surface area contributed by atoms with Crippen molar-refractivity contribution in [2.24, 2.45) is 0 Å². The molecule has 0 amide bonds. The predicted octanol–water partition coefficient (Wildman–Crippen LogP) is 1.34. The molecule has 49 valence electrons. The van der Waals surface area contributed by atoms with Crippen LogP contribution in [0.3, 0.4) is 0 Å². The third-order valence-corrected chi connectivity index (χ3v) is 1.08. The molecule has 9 heavy (non-hydrogen) atoms. The van der Waals surface area contributed by atoms with Crippen molar-refractivity contribution in [2.45, 2.75) is 20.3 Å². The molecular formula is C6H9N2O. The van der Waals surface area contributed by atoms with Crippen molar-refractivity contribution in [3.05, 3.63) is 17.9 Å². The van der Waals surface area contributed by atoms with E-state index in [1.165, 1.54) is 0 Å². The fourth-order valence-electron chi connectivity index (χ4n) is 0.621. The Morgan fingerprint density at radius 2 is 2.44 bits per heavy atom. The topological polar surface area (TPSA) is 38.9 Å². The van der Waals surface area contributed by atoms with E-state index in [0.717, 1.165) is 17.9 Å². The maximum atomic E-state index is 4.72. The van der Waals surface area contributed by atoms with Gasteiger partial charge >= 0.3 is 0 Å². The van der Waals surface area contributed by atoms with Gasteiger partial charge in [-0.25, -0.2) is 0 Å². The molecule has 3 heteroatoms. The number of nitrogens with zero attached hydrogens (tertiary/aromatic N) is 2. The van der Waals surface area contributed by atoms with E-state index in [4.69, 9.17) is 4.52 Å². The lowest BCUT2D eigenvalue weighted by Gasteiger charge is -1.85. The molecule has 1 rings (SSSR count). The third kappa shape index (κ3) is 1.28. The van der Waals surface area contributed by atoms with E-state index in [9.17, 15) is 0 Å². The van der Waals surface area contributed by atoms with E-state index in [0.29, 0.717) is 0 Å². The summed E-state index contributed by atoms with van der Waals surface area (Å²) in [5.74, 6) is 0.789. The Morgan fingerprint density at radius 3 is 2.89 bits per heavy atom. The van der Waals surface area contributed by atoms with E-state index in [2.05, 4.69) is 10.4 Å². The highest BCUT2D eigenvalue weighted by Crippen LogP contribution is 2.05. The summed E-state index contributed by atoms with van der Waals surface area (Å²) in [5, 5.41) is 7.12.